The summed E-state index contributed by atoms with van der Waals surface area (Å²) in [5.74, 6) is -0.324. The van der Waals surface area contributed by atoms with Crippen molar-refractivity contribution in [1.29, 1.82) is 0 Å². The summed E-state index contributed by atoms with van der Waals surface area (Å²) in [6, 6.07) is 9.48. The Morgan fingerprint density at radius 3 is 2.63 bits per heavy atom. The molecule has 2 aliphatic heterocycles. The second kappa shape index (κ2) is 8.48. The van der Waals surface area contributed by atoms with Gasteiger partial charge in [-0.15, -0.1) is 0 Å². The molecule has 1 amide bonds. The smallest absolute Gasteiger partial charge is 0.385 e. The van der Waals surface area contributed by atoms with Gasteiger partial charge in [0.2, 0.25) is 0 Å². The number of morpholine rings is 1. The van der Waals surface area contributed by atoms with Gasteiger partial charge in [-0.3, -0.25) is 9.69 Å². The molecule has 2 saturated heterocycles. The third-order valence-corrected chi connectivity index (χ3v) is 6.86. The molecule has 2 unspecified atom stereocenters. The molecule has 2 heterocycles. The van der Waals surface area contributed by atoms with Crippen molar-refractivity contribution in [2.45, 2.75) is 56.0 Å². The van der Waals surface area contributed by atoms with Crippen molar-refractivity contribution in [3.63, 3.8) is 0 Å². The minimum atomic E-state index is -4.29. The molecule has 166 valence electrons. The van der Waals surface area contributed by atoms with Gasteiger partial charge in [-0.05, 0) is 24.8 Å². The van der Waals surface area contributed by atoms with Gasteiger partial charge in [0.05, 0.1) is 18.8 Å². The van der Waals surface area contributed by atoms with Gasteiger partial charge in [-0.25, -0.2) is 0 Å². The van der Waals surface area contributed by atoms with Crippen molar-refractivity contribution < 1.29 is 27.8 Å². The van der Waals surface area contributed by atoms with E-state index in [1.165, 1.54) is 4.90 Å². The van der Waals surface area contributed by atoms with Crippen LogP contribution in [0.3, 0.4) is 0 Å². The standard InChI is InChI=1S/C22H29F3N2O3/c23-22(24,25)15-26-12-13-30-19(14-26)20(28)27-11-10-21(29,16-6-2-1-3-7-16)17-8-4-5-9-18(17)27/h1-3,6-7,17-19,29H,4-5,8-15H2/t17-,18+,19?,21?/m0/s1. The van der Waals surface area contributed by atoms with E-state index in [9.17, 15) is 23.1 Å². The van der Waals surface area contributed by atoms with Gasteiger partial charge >= 0.3 is 6.18 Å². The van der Waals surface area contributed by atoms with Crippen molar-refractivity contribution in [1.82, 2.24) is 9.80 Å². The fourth-order valence-corrected chi connectivity index (χ4v) is 5.48. The van der Waals surface area contributed by atoms with Crippen LogP contribution < -0.4 is 0 Å². The number of carbonyl (C=O) groups is 1. The number of fused-ring (bicyclic) bond motifs is 1. The van der Waals surface area contributed by atoms with Gasteiger partial charge in [-0.2, -0.15) is 13.2 Å². The van der Waals surface area contributed by atoms with E-state index in [1.807, 2.05) is 30.3 Å². The molecule has 0 aromatic heterocycles. The lowest BCUT2D eigenvalue weighted by Crippen LogP contribution is -2.62. The van der Waals surface area contributed by atoms with Gasteiger partial charge in [0.25, 0.3) is 5.91 Å². The Bertz CT molecular complexity index is 745. The second-order valence-electron chi connectivity index (χ2n) is 8.74. The number of alkyl halides is 3. The molecule has 3 aliphatic rings. The first-order valence-electron chi connectivity index (χ1n) is 10.8. The summed E-state index contributed by atoms with van der Waals surface area (Å²) in [4.78, 5) is 16.3. The summed E-state index contributed by atoms with van der Waals surface area (Å²) in [5, 5.41) is 11.6. The molecule has 1 aromatic rings. The minimum absolute atomic E-state index is 0.0464. The number of benzene rings is 1. The Labute approximate surface area is 174 Å². The van der Waals surface area contributed by atoms with E-state index in [1.54, 1.807) is 4.90 Å². The van der Waals surface area contributed by atoms with E-state index in [4.69, 9.17) is 4.74 Å². The van der Waals surface area contributed by atoms with E-state index in [0.29, 0.717) is 13.0 Å². The normalized spacial score (nSPS) is 33.2. The zero-order valence-electron chi connectivity index (χ0n) is 17.0. The maximum Gasteiger partial charge on any atom is 0.401 e. The van der Waals surface area contributed by atoms with E-state index < -0.39 is 24.4 Å². The Balaban J connectivity index is 1.50. The molecule has 0 spiro atoms. The number of amides is 1. The van der Waals surface area contributed by atoms with Crippen molar-refractivity contribution >= 4 is 5.91 Å². The van der Waals surface area contributed by atoms with E-state index in [0.717, 1.165) is 31.2 Å². The summed E-state index contributed by atoms with van der Waals surface area (Å²) >= 11 is 0. The van der Waals surface area contributed by atoms with Crippen molar-refractivity contribution in [3.8, 4) is 0 Å². The zero-order chi connectivity index (χ0) is 21.4. The van der Waals surface area contributed by atoms with Gasteiger partial charge < -0.3 is 14.7 Å². The predicted molar refractivity (Wildman–Crippen MR) is 105 cm³/mol. The maximum atomic E-state index is 13.3. The first-order chi connectivity index (χ1) is 14.3. The molecule has 8 heteroatoms. The molecule has 1 aliphatic carbocycles. The number of hydrogen-bond acceptors (Lipinski definition) is 4. The van der Waals surface area contributed by atoms with Crippen LogP contribution in [-0.4, -0.2) is 71.9 Å². The molecule has 0 bridgehead atoms. The summed E-state index contributed by atoms with van der Waals surface area (Å²) in [6.07, 6.45) is -1.17. The second-order valence-corrected chi connectivity index (χ2v) is 8.74. The molecule has 0 radical (unpaired) electrons. The van der Waals surface area contributed by atoms with Crippen LogP contribution in [0.4, 0.5) is 13.2 Å². The van der Waals surface area contributed by atoms with Gasteiger partial charge in [0.1, 0.15) is 6.10 Å². The van der Waals surface area contributed by atoms with Crippen molar-refractivity contribution in [3.05, 3.63) is 35.9 Å². The predicted octanol–water partition coefficient (Wildman–Crippen LogP) is 2.93. The summed E-state index contributed by atoms with van der Waals surface area (Å²) < 4.78 is 43.9. The van der Waals surface area contributed by atoms with Crippen LogP contribution in [0.5, 0.6) is 0 Å². The average Bonchev–Trinajstić information content (AvgIpc) is 2.73. The molecular formula is C22H29F3N2O3. The number of rotatable bonds is 3. The first-order valence-corrected chi connectivity index (χ1v) is 10.8. The molecule has 5 nitrogen and oxygen atoms in total. The zero-order valence-corrected chi connectivity index (χ0v) is 17.0. The number of nitrogens with zero attached hydrogens (tertiary/aromatic N) is 2. The molecule has 1 saturated carbocycles. The van der Waals surface area contributed by atoms with Crippen LogP contribution in [0, 0.1) is 5.92 Å². The van der Waals surface area contributed by atoms with E-state index in [-0.39, 0.29) is 37.6 Å². The van der Waals surface area contributed by atoms with Gasteiger partial charge in [0.15, 0.2) is 0 Å². The first kappa shape index (κ1) is 21.6. The Hall–Kier alpha value is -1.64. The summed E-state index contributed by atoms with van der Waals surface area (Å²) in [5.41, 5.74) is -0.113. The minimum Gasteiger partial charge on any atom is -0.385 e. The van der Waals surface area contributed by atoms with Crippen LogP contribution in [0.15, 0.2) is 30.3 Å². The van der Waals surface area contributed by atoms with Gasteiger partial charge in [0, 0.05) is 31.6 Å². The van der Waals surface area contributed by atoms with Crippen molar-refractivity contribution in [2.24, 2.45) is 5.92 Å². The van der Waals surface area contributed by atoms with Gasteiger partial charge in [-0.1, -0.05) is 43.2 Å². The van der Waals surface area contributed by atoms with Crippen LogP contribution >= 0.6 is 0 Å². The molecule has 30 heavy (non-hydrogen) atoms. The molecular weight excluding hydrogens is 397 g/mol. The molecule has 3 fully saturated rings. The number of halogens is 3. The molecule has 4 rings (SSSR count). The average molecular weight is 426 g/mol. The maximum absolute atomic E-state index is 13.3. The number of aliphatic hydroxyl groups is 1. The van der Waals surface area contributed by atoms with E-state index >= 15 is 0 Å². The summed E-state index contributed by atoms with van der Waals surface area (Å²) in [6.45, 7) is -0.412. The lowest BCUT2D eigenvalue weighted by molar-refractivity contribution is -0.179. The number of carbonyl (C=O) groups excluding carboxylic acids is 1. The topological polar surface area (TPSA) is 53.0 Å². The van der Waals surface area contributed by atoms with Crippen molar-refractivity contribution in [2.75, 3.05) is 32.8 Å². The Morgan fingerprint density at radius 1 is 1.17 bits per heavy atom. The molecule has 4 atom stereocenters. The Morgan fingerprint density at radius 2 is 1.90 bits per heavy atom. The highest BCUT2D eigenvalue weighted by molar-refractivity contribution is 5.82. The lowest BCUT2D eigenvalue weighted by Gasteiger charge is -2.53. The van der Waals surface area contributed by atoms with Crippen LogP contribution in [0.25, 0.3) is 0 Å². The summed E-state index contributed by atoms with van der Waals surface area (Å²) in [7, 11) is 0. The number of hydrogen-bond donors (Lipinski definition) is 1. The van der Waals surface area contributed by atoms with Crippen LogP contribution in [-0.2, 0) is 15.1 Å². The highest BCUT2D eigenvalue weighted by Gasteiger charge is 2.51. The Kier molecular flexibility index (Phi) is 6.10. The number of piperidine rings is 1. The fourth-order valence-electron chi connectivity index (χ4n) is 5.48. The number of likely N-dealkylation sites (tertiary alicyclic amines) is 1. The van der Waals surface area contributed by atoms with Crippen LogP contribution in [0.1, 0.15) is 37.7 Å². The largest absolute Gasteiger partial charge is 0.401 e. The van der Waals surface area contributed by atoms with Crippen LogP contribution in [0.2, 0.25) is 0 Å². The third-order valence-electron chi connectivity index (χ3n) is 6.86. The number of ether oxygens (including phenoxy) is 1. The quantitative estimate of drug-likeness (QED) is 0.808. The monoisotopic (exact) mass is 426 g/mol. The highest BCUT2D eigenvalue weighted by atomic mass is 19.4. The fraction of sp³-hybridized carbons (Fsp3) is 0.682. The molecule has 1 N–H and O–H groups in total. The van der Waals surface area contributed by atoms with E-state index in [2.05, 4.69) is 0 Å². The lowest BCUT2D eigenvalue weighted by atomic mass is 9.66. The molecule has 1 aromatic carbocycles. The third kappa shape index (κ3) is 4.36. The highest BCUT2D eigenvalue weighted by Crippen LogP contribution is 2.47. The SMILES string of the molecule is O=C(C1CN(CC(F)(F)F)CCO1)N1CCC(O)(c2ccccc2)[C@H]2CCCC[C@H]21.